The van der Waals surface area contributed by atoms with E-state index in [-0.39, 0.29) is 35.6 Å². The van der Waals surface area contributed by atoms with E-state index < -0.39 is 4.92 Å². The first kappa shape index (κ1) is 15.7. The second-order valence-corrected chi connectivity index (χ2v) is 5.84. The summed E-state index contributed by atoms with van der Waals surface area (Å²) in [6.45, 7) is 0.724. The van der Waals surface area contributed by atoms with Crippen LogP contribution < -0.4 is 0 Å². The van der Waals surface area contributed by atoms with Crippen LogP contribution in [0.2, 0.25) is 0 Å². The lowest BCUT2D eigenvalue weighted by Gasteiger charge is -2.16. The number of hydrogen-bond acceptors (Lipinski definition) is 5. The zero-order chi connectivity index (χ0) is 15.6. The molecule has 1 aromatic carbocycles. The third-order valence-electron chi connectivity index (χ3n) is 3.40. The predicted molar refractivity (Wildman–Crippen MR) is 81.8 cm³/mol. The van der Waals surface area contributed by atoms with E-state index in [1.165, 1.54) is 24.1 Å². The molecule has 21 heavy (non-hydrogen) atoms. The summed E-state index contributed by atoms with van der Waals surface area (Å²) in [7, 11) is 1.32. The van der Waals surface area contributed by atoms with Crippen LogP contribution in [-0.2, 0) is 9.53 Å². The van der Waals surface area contributed by atoms with Gasteiger partial charge in [0.15, 0.2) is 0 Å². The minimum absolute atomic E-state index is 0.123. The average Bonchev–Trinajstić information content (AvgIpc) is 2.95. The molecule has 1 unspecified atom stereocenters. The Bertz CT molecular complexity index is 604. The predicted octanol–water partition coefficient (Wildman–Crippen LogP) is 1.83. The first-order valence-electron chi connectivity index (χ1n) is 6.25. The summed E-state index contributed by atoms with van der Waals surface area (Å²) in [4.78, 5) is 35.7. The fourth-order valence-electron chi connectivity index (χ4n) is 2.26. The molecule has 1 aromatic rings. The lowest BCUT2D eigenvalue weighted by Crippen LogP contribution is -2.30. The highest BCUT2D eigenvalue weighted by atomic mass is 127. The molecule has 1 atom stereocenters. The van der Waals surface area contributed by atoms with Crippen LogP contribution in [-0.4, -0.2) is 41.9 Å². The van der Waals surface area contributed by atoms with Gasteiger partial charge in [-0.3, -0.25) is 19.7 Å². The molecule has 0 bridgehead atoms. The number of amides is 1. The number of likely N-dealkylation sites (tertiary alicyclic amines) is 1. The van der Waals surface area contributed by atoms with Crippen molar-refractivity contribution < 1.29 is 19.2 Å². The van der Waals surface area contributed by atoms with Crippen molar-refractivity contribution in [3.05, 3.63) is 37.4 Å². The fourth-order valence-corrected chi connectivity index (χ4v) is 2.83. The zero-order valence-corrected chi connectivity index (χ0v) is 13.4. The summed E-state index contributed by atoms with van der Waals surface area (Å²) < 4.78 is 5.32. The van der Waals surface area contributed by atoms with Gasteiger partial charge in [-0.15, -0.1) is 0 Å². The van der Waals surface area contributed by atoms with Gasteiger partial charge in [-0.2, -0.15) is 0 Å². The van der Waals surface area contributed by atoms with Gasteiger partial charge in [0.1, 0.15) is 0 Å². The van der Waals surface area contributed by atoms with Crippen molar-refractivity contribution in [2.45, 2.75) is 6.42 Å². The van der Waals surface area contributed by atoms with E-state index in [4.69, 9.17) is 0 Å². The van der Waals surface area contributed by atoms with Crippen molar-refractivity contribution in [2.75, 3.05) is 20.2 Å². The maximum absolute atomic E-state index is 12.4. The SMILES string of the molecule is COC(=O)C1CCN(C(=O)c2cc([N+](=O)[O-])ccc2I)C1. The van der Waals surface area contributed by atoms with E-state index in [1.807, 2.05) is 22.6 Å². The Hall–Kier alpha value is -1.71. The Labute approximate surface area is 134 Å². The van der Waals surface area contributed by atoms with Gasteiger partial charge in [0.25, 0.3) is 11.6 Å². The Morgan fingerprint density at radius 3 is 2.81 bits per heavy atom. The molecular weight excluding hydrogens is 391 g/mol. The normalized spacial score (nSPS) is 17.6. The van der Waals surface area contributed by atoms with Crippen LogP contribution in [0.1, 0.15) is 16.8 Å². The molecule has 0 N–H and O–H groups in total. The van der Waals surface area contributed by atoms with E-state index in [0.717, 1.165) is 0 Å². The minimum Gasteiger partial charge on any atom is -0.469 e. The van der Waals surface area contributed by atoms with Crippen LogP contribution in [0.15, 0.2) is 18.2 Å². The van der Waals surface area contributed by atoms with E-state index in [0.29, 0.717) is 16.5 Å². The van der Waals surface area contributed by atoms with Crippen LogP contribution in [0.25, 0.3) is 0 Å². The van der Waals surface area contributed by atoms with Crippen molar-refractivity contribution in [3.63, 3.8) is 0 Å². The van der Waals surface area contributed by atoms with E-state index >= 15 is 0 Å². The molecule has 1 fully saturated rings. The highest BCUT2D eigenvalue weighted by Crippen LogP contribution is 2.24. The number of ether oxygens (including phenoxy) is 1. The highest BCUT2D eigenvalue weighted by molar-refractivity contribution is 14.1. The van der Waals surface area contributed by atoms with Gasteiger partial charge in [-0.25, -0.2) is 0 Å². The highest BCUT2D eigenvalue weighted by Gasteiger charge is 2.33. The molecule has 0 radical (unpaired) electrons. The summed E-state index contributed by atoms with van der Waals surface area (Å²) in [6, 6.07) is 4.18. The number of rotatable bonds is 3. The lowest BCUT2D eigenvalue weighted by molar-refractivity contribution is -0.384. The number of methoxy groups -OCH3 is 1. The van der Waals surface area contributed by atoms with Crippen molar-refractivity contribution in [1.29, 1.82) is 0 Å². The maximum Gasteiger partial charge on any atom is 0.310 e. The molecule has 8 heteroatoms. The van der Waals surface area contributed by atoms with Gasteiger partial charge < -0.3 is 9.64 Å². The average molecular weight is 404 g/mol. The quantitative estimate of drug-likeness (QED) is 0.332. The minimum atomic E-state index is -0.534. The maximum atomic E-state index is 12.4. The number of hydrogen-bond donors (Lipinski definition) is 0. The van der Waals surface area contributed by atoms with Crippen LogP contribution in [0.4, 0.5) is 5.69 Å². The van der Waals surface area contributed by atoms with E-state index in [2.05, 4.69) is 4.74 Å². The third kappa shape index (κ3) is 3.31. The second-order valence-electron chi connectivity index (χ2n) is 4.68. The molecule has 2 rings (SSSR count). The number of carbonyl (C=O) groups is 2. The van der Waals surface area contributed by atoms with Gasteiger partial charge in [-0.05, 0) is 35.1 Å². The summed E-state index contributed by atoms with van der Waals surface area (Å²) in [5, 5.41) is 10.8. The number of nitro groups is 1. The summed E-state index contributed by atoms with van der Waals surface area (Å²) in [6.07, 6.45) is 0.546. The molecule has 1 aliphatic rings. The fraction of sp³-hybridized carbons (Fsp3) is 0.385. The number of non-ortho nitro benzene ring substituents is 1. The molecule has 1 aliphatic heterocycles. The molecule has 0 saturated carbocycles. The van der Waals surface area contributed by atoms with Gasteiger partial charge in [-0.1, -0.05) is 0 Å². The smallest absolute Gasteiger partial charge is 0.310 e. The van der Waals surface area contributed by atoms with Gasteiger partial charge in [0, 0.05) is 28.8 Å². The number of esters is 1. The van der Waals surface area contributed by atoms with Crippen molar-refractivity contribution in [1.82, 2.24) is 4.90 Å². The lowest BCUT2D eigenvalue weighted by atomic mass is 10.1. The topological polar surface area (TPSA) is 89.8 Å². The third-order valence-corrected chi connectivity index (χ3v) is 4.34. The van der Waals surface area contributed by atoms with Crippen molar-refractivity contribution >= 4 is 40.2 Å². The van der Waals surface area contributed by atoms with Crippen molar-refractivity contribution in [3.8, 4) is 0 Å². The van der Waals surface area contributed by atoms with Crippen LogP contribution in [0.3, 0.4) is 0 Å². The van der Waals surface area contributed by atoms with E-state index in [1.54, 1.807) is 6.07 Å². The van der Waals surface area contributed by atoms with Gasteiger partial charge >= 0.3 is 5.97 Å². The van der Waals surface area contributed by atoms with E-state index in [9.17, 15) is 19.7 Å². The number of carbonyl (C=O) groups excluding carboxylic acids is 2. The first-order valence-corrected chi connectivity index (χ1v) is 7.33. The van der Waals surface area contributed by atoms with Crippen LogP contribution >= 0.6 is 22.6 Å². The Kier molecular flexibility index (Phi) is 4.76. The number of halogens is 1. The Morgan fingerprint density at radius 1 is 1.48 bits per heavy atom. The molecule has 112 valence electrons. The van der Waals surface area contributed by atoms with Crippen LogP contribution in [0, 0.1) is 19.6 Å². The molecule has 1 heterocycles. The monoisotopic (exact) mass is 404 g/mol. The number of benzene rings is 1. The summed E-state index contributed by atoms with van der Waals surface area (Å²) in [5.74, 6) is -0.955. The Morgan fingerprint density at radius 2 is 2.19 bits per heavy atom. The van der Waals surface area contributed by atoms with Gasteiger partial charge in [0.2, 0.25) is 0 Å². The second kappa shape index (κ2) is 6.37. The zero-order valence-electron chi connectivity index (χ0n) is 11.2. The summed E-state index contributed by atoms with van der Waals surface area (Å²) in [5.41, 5.74) is 0.165. The molecule has 0 aromatic heterocycles. The van der Waals surface area contributed by atoms with Crippen molar-refractivity contribution in [2.24, 2.45) is 5.92 Å². The number of nitro benzene ring substituents is 1. The molecule has 1 amide bonds. The standard InChI is InChI=1S/C13H13IN2O5/c1-21-13(18)8-4-5-15(7-8)12(17)10-6-9(16(19)20)2-3-11(10)14/h2-3,6,8H,4-5,7H2,1H3. The summed E-state index contributed by atoms with van der Waals surface area (Å²) >= 11 is 1.97. The van der Waals surface area contributed by atoms with Crippen LogP contribution in [0.5, 0.6) is 0 Å². The van der Waals surface area contributed by atoms with Gasteiger partial charge in [0.05, 0.1) is 23.5 Å². The molecule has 7 nitrogen and oxygen atoms in total. The largest absolute Gasteiger partial charge is 0.469 e. The number of nitrogens with zero attached hydrogens (tertiary/aromatic N) is 2. The molecule has 1 saturated heterocycles. The molecule has 0 aliphatic carbocycles. The molecular formula is C13H13IN2O5. The Balaban J connectivity index is 2.19. The first-order chi connectivity index (χ1) is 9.93. The molecule has 0 spiro atoms.